The highest BCUT2D eigenvalue weighted by molar-refractivity contribution is 5.37. The third-order valence-electron chi connectivity index (χ3n) is 3.48. The van der Waals surface area contributed by atoms with Crippen LogP contribution in [0.25, 0.3) is 5.69 Å². The maximum atomic E-state index is 10.8. The van der Waals surface area contributed by atoms with Crippen LogP contribution in [0.15, 0.2) is 67.0 Å². The first-order valence-corrected chi connectivity index (χ1v) is 7.29. The minimum atomic E-state index is -0.948. The summed E-state index contributed by atoms with van der Waals surface area (Å²) in [7, 11) is 0. The van der Waals surface area contributed by atoms with Crippen molar-refractivity contribution in [2.75, 3.05) is 6.61 Å². The van der Waals surface area contributed by atoms with E-state index in [9.17, 15) is 15.2 Å². The van der Waals surface area contributed by atoms with Crippen LogP contribution in [-0.2, 0) is 0 Å². The molecule has 0 aliphatic carbocycles. The van der Waals surface area contributed by atoms with Gasteiger partial charge in [-0.15, -0.1) is 0 Å². The molecule has 0 saturated heterocycles. The Kier molecular flexibility index (Phi) is 4.53. The van der Waals surface area contributed by atoms with E-state index in [4.69, 9.17) is 4.74 Å². The minimum absolute atomic E-state index is 0.00227. The normalized spacial score (nSPS) is 11.9. The molecule has 7 nitrogen and oxygen atoms in total. The first-order valence-electron chi connectivity index (χ1n) is 7.29. The van der Waals surface area contributed by atoms with Crippen molar-refractivity contribution in [1.29, 1.82) is 0 Å². The molecule has 0 aliphatic rings. The predicted octanol–water partition coefficient (Wildman–Crippen LogP) is 2.89. The Hall–Kier alpha value is -3.19. The van der Waals surface area contributed by atoms with Crippen LogP contribution < -0.4 is 4.74 Å². The van der Waals surface area contributed by atoms with Crippen molar-refractivity contribution < 1.29 is 14.8 Å². The van der Waals surface area contributed by atoms with Crippen LogP contribution in [0.1, 0.15) is 11.7 Å². The first-order chi connectivity index (χ1) is 11.6. The summed E-state index contributed by atoms with van der Waals surface area (Å²) in [6.45, 7) is 0.00227. The summed E-state index contributed by atoms with van der Waals surface area (Å²) in [6.07, 6.45) is 2.58. The van der Waals surface area contributed by atoms with E-state index in [1.807, 2.05) is 24.4 Å². The molecular formula is C17H15N3O4. The quantitative estimate of drug-likeness (QED) is 0.556. The largest absolute Gasteiger partial charge is 0.491 e. The molecule has 122 valence electrons. The van der Waals surface area contributed by atoms with Gasteiger partial charge in [-0.3, -0.25) is 10.1 Å². The molecule has 1 unspecified atom stereocenters. The van der Waals surface area contributed by atoms with Gasteiger partial charge in [-0.1, -0.05) is 12.1 Å². The van der Waals surface area contributed by atoms with Crippen molar-refractivity contribution in [2.24, 2.45) is 0 Å². The number of benzene rings is 2. The van der Waals surface area contributed by atoms with Gasteiger partial charge in [-0.05, 0) is 35.9 Å². The summed E-state index contributed by atoms with van der Waals surface area (Å²) in [4.78, 5) is 10.3. The van der Waals surface area contributed by atoms with E-state index < -0.39 is 11.0 Å². The minimum Gasteiger partial charge on any atom is -0.491 e. The second-order valence-corrected chi connectivity index (χ2v) is 5.12. The lowest BCUT2D eigenvalue weighted by Crippen LogP contribution is -2.10. The number of aliphatic hydroxyl groups is 1. The van der Waals surface area contributed by atoms with Crippen molar-refractivity contribution in [3.63, 3.8) is 0 Å². The van der Waals surface area contributed by atoms with Gasteiger partial charge in [0.1, 0.15) is 18.5 Å². The van der Waals surface area contributed by atoms with E-state index >= 15 is 0 Å². The van der Waals surface area contributed by atoms with Gasteiger partial charge in [0.15, 0.2) is 0 Å². The van der Waals surface area contributed by atoms with Crippen LogP contribution >= 0.6 is 0 Å². The Bertz CT molecular complexity index is 816. The summed E-state index contributed by atoms with van der Waals surface area (Å²) >= 11 is 0. The summed E-state index contributed by atoms with van der Waals surface area (Å²) in [5.74, 6) is 0.593. The average Bonchev–Trinajstić information content (AvgIpc) is 3.15. The molecule has 0 radical (unpaired) electrons. The number of ether oxygens (including phenoxy) is 1. The van der Waals surface area contributed by atoms with Crippen molar-refractivity contribution in [3.8, 4) is 11.4 Å². The maximum Gasteiger partial charge on any atom is 0.269 e. The predicted molar refractivity (Wildman–Crippen MR) is 87.1 cm³/mol. The smallest absolute Gasteiger partial charge is 0.269 e. The SMILES string of the molecule is O=[N+]([O-])c1cccc(C(O)COc2ccc(-n3cccn3)cc2)c1. The second kappa shape index (κ2) is 6.93. The fourth-order valence-electron chi connectivity index (χ4n) is 2.23. The lowest BCUT2D eigenvalue weighted by atomic mass is 10.1. The van der Waals surface area contributed by atoms with Crippen molar-refractivity contribution >= 4 is 5.69 Å². The van der Waals surface area contributed by atoms with Gasteiger partial charge in [0.25, 0.3) is 5.69 Å². The zero-order valence-corrected chi connectivity index (χ0v) is 12.6. The number of non-ortho nitro benzene ring substituents is 1. The van der Waals surface area contributed by atoms with E-state index in [0.29, 0.717) is 11.3 Å². The van der Waals surface area contributed by atoms with Crippen LogP contribution in [0, 0.1) is 10.1 Å². The Morgan fingerprint density at radius 1 is 1.21 bits per heavy atom. The van der Waals surface area contributed by atoms with Crippen LogP contribution in [0.3, 0.4) is 0 Å². The number of nitro benzene ring substituents is 1. The van der Waals surface area contributed by atoms with E-state index in [-0.39, 0.29) is 12.3 Å². The van der Waals surface area contributed by atoms with Gasteiger partial charge in [0.2, 0.25) is 0 Å². The van der Waals surface area contributed by atoms with Gasteiger partial charge >= 0.3 is 0 Å². The Balaban J connectivity index is 1.63. The molecule has 1 atom stereocenters. The lowest BCUT2D eigenvalue weighted by molar-refractivity contribution is -0.385. The van der Waals surface area contributed by atoms with Crippen molar-refractivity contribution in [1.82, 2.24) is 9.78 Å². The number of hydrogen-bond donors (Lipinski definition) is 1. The van der Waals surface area contributed by atoms with Crippen LogP contribution in [-0.4, -0.2) is 26.4 Å². The van der Waals surface area contributed by atoms with Gasteiger partial charge in [-0.2, -0.15) is 5.10 Å². The molecule has 0 amide bonds. The molecular weight excluding hydrogens is 310 g/mol. The summed E-state index contributed by atoms with van der Waals surface area (Å²) in [5, 5.41) is 25.0. The highest BCUT2D eigenvalue weighted by atomic mass is 16.6. The topological polar surface area (TPSA) is 90.4 Å². The zero-order chi connectivity index (χ0) is 16.9. The molecule has 0 saturated carbocycles. The number of rotatable bonds is 6. The second-order valence-electron chi connectivity index (χ2n) is 5.12. The van der Waals surface area contributed by atoms with E-state index in [2.05, 4.69) is 5.10 Å². The Morgan fingerprint density at radius 3 is 2.67 bits per heavy atom. The molecule has 1 aromatic heterocycles. The summed E-state index contributed by atoms with van der Waals surface area (Å²) in [6, 6.07) is 15.0. The first kappa shape index (κ1) is 15.7. The van der Waals surface area contributed by atoms with Gasteiger partial charge in [0.05, 0.1) is 10.6 Å². The fraction of sp³-hybridized carbons (Fsp3) is 0.118. The number of aromatic nitrogens is 2. The van der Waals surface area contributed by atoms with Crippen LogP contribution in [0.2, 0.25) is 0 Å². The molecule has 0 fully saturated rings. The number of nitro groups is 1. The maximum absolute atomic E-state index is 10.8. The highest BCUT2D eigenvalue weighted by Gasteiger charge is 2.13. The zero-order valence-electron chi connectivity index (χ0n) is 12.6. The molecule has 0 spiro atoms. The van der Waals surface area contributed by atoms with E-state index in [1.165, 1.54) is 18.2 Å². The molecule has 1 N–H and O–H groups in total. The van der Waals surface area contributed by atoms with Crippen LogP contribution in [0.5, 0.6) is 5.75 Å². The monoisotopic (exact) mass is 325 g/mol. The van der Waals surface area contributed by atoms with E-state index in [1.54, 1.807) is 29.1 Å². The molecule has 0 aliphatic heterocycles. The molecule has 7 heteroatoms. The summed E-state index contributed by atoms with van der Waals surface area (Å²) in [5.41, 5.74) is 1.28. The molecule has 24 heavy (non-hydrogen) atoms. The van der Waals surface area contributed by atoms with Gasteiger partial charge < -0.3 is 9.84 Å². The standard InChI is InChI=1S/C17H15N3O4/c21-17(13-3-1-4-15(11-13)20(22)23)12-24-16-7-5-14(6-8-16)19-10-2-9-18-19/h1-11,17,21H,12H2. The number of nitrogens with zero attached hydrogens (tertiary/aromatic N) is 3. The van der Waals surface area contributed by atoms with Crippen molar-refractivity contribution in [2.45, 2.75) is 6.10 Å². The molecule has 3 rings (SSSR count). The third kappa shape index (κ3) is 3.58. The van der Waals surface area contributed by atoms with Crippen LogP contribution in [0.4, 0.5) is 5.69 Å². The molecule has 1 heterocycles. The molecule has 2 aromatic carbocycles. The molecule has 3 aromatic rings. The third-order valence-corrected chi connectivity index (χ3v) is 3.48. The number of aliphatic hydroxyl groups excluding tert-OH is 1. The lowest BCUT2D eigenvalue weighted by Gasteiger charge is -2.13. The van der Waals surface area contributed by atoms with Gasteiger partial charge in [0, 0.05) is 24.5 Å². The fourth-order valence-corrected chi connectivity index (χ4v) is 2.23. The van der Waals surface area contributed by atoms with E-state index in [0.717, 1.165) is 5.69 Å². The van der Waals surface area contributed by atoms with Crippen molar-refractivity contribution in [3.05, 3.63) is 82.7 Å². The number of hydrogen-bond acceptors (Lipinski definition) is 5. The highest BCUT2D eigenvalue weighted by Crippen LogP contribution is 2.21. The Morgan fingerprint density at radius 2 is 2.00 bits per heavy atom. The average molecular weight is 325 g/mol. The van der Waals surface area contributed by atoms with Gasteiger partial charge in [-0.25, -0.2) is 4.68 Å². The Labute approximate surface area is 137 Å². The molecule has 0 bridgehead atoms. The summed E-state index contributed by atoms with van der Waals surface area (Å²) < 4.78 is 7.27.